The molecule has 0 saturated carbocycles. The van der Waals surface area contributed by atoms with Crippen LogP contribution >= 0.6 is 27.3 Å². The number of rotatable bonds is 3. The molecule has 6 nitrogen and oxygen atoms in total. The molecular formula is C11H8BrN3O3S. The van der Waals surface area contributed by atoms with Crippen LogP contribution in [0.2, 0.25) is 0 Å². The smallest absolute Gasteiger partial charge is 0.337 e. The highest BCUT2D eigenvalue weighted by molar-refractivity contribution is 9.10. The van der Waals surface area contributed by atoms with E-state index in [1.807, 2.05) is 0 Å². The van der Waals surface area contributed by atoms with Crippen LogP contribution in [0.15, 0.2) is 28.1 Å². The minimum atomic E-state index is -1.13. The van der Waals surface area contributed by atoms with E-state index in [1.54, 1.807) is 6.07 Å². The topological polar surface area (TPSA) is 105 Å². The van der Waals surface area contributed by atoms with Crippen molar-refractivity contribution in [3.63, 3.8) is 0 Å². The molecule has 0 spiro atoms. The van der Waals surface area contributed by atoms with E-state index < -0.39 is 11.9 Å². The fourth-order valence-electron chi connectivity index (χ4n) is 1.38. The molecule has 0 saturated heterocycles. The largest absolute Gasteiger partial charge is 0.478 e. The Kier molecular flexibility index (Phi) is 3.82. The molecule has 0 unspecified atom stereocenters. The zero-order valence-corrected chi connectivity index (χ0v) is 11.8. The number of carbonyl (C=O) groups excluding carboxylic acids is 1. The van der Waals surface area contributed by atoms with Crippen LogP contribution in [-0.4, -0.2) is 22.0 Å². The molecule has 2 aromatic rings. The summed E-state index contributed by atoms with van der Waals surface area (Å²) in [6.45, 7) is 0. The van der Waals surface area contributed by atoms with Gasteiger partial charge in [-0.25, -0.2) is 9.78 Å². The molecule has 1 heterocycles. The summed E-state index contributed by atoms with van der Waals surface area (Å²) in [6, 6.07) is 4.55. The Bertz CT molecular complexity index is 656. The molecule has 2 rings (SSSR count). The van der Waals surface area contributed by atoms with E-state index in [-0.39, 0.29) is 22.1 Å². The van der Waals surface area contributed by atoms with Crippen molar-refractivity contribution in [2.45, 2.75) is 0 Å². The standard InChI is InChI=1S/C11H8BrN3O3S/c12-5-1-2-7(6(3-5)10(17)18)14-9(16)8-4-19-11(13)15-8/h1-4H,(H2,13,15)(H,14,16)(H,17,18). The number of hydrogen-bond acceptors (Lipinski definition) is 5. The molecule has 98 valence electrons. The van der Waals surface area contributed by atoms with Crippen molar-refractivity contribution in [2.75, 3.05) is 11.1 Å². The third-order valence-corrected chi connectivity index (χ3v) is 3.38. The Morgan fingerprint density at radius 2 is 2.16 bits per heavy atom. The van der Waals surface area contributed by atoms with E-state index in [0.717, 1.165) is 11.3 Å². The maximum atomic E-state index is 11.9. The summed E-state index contributed by atoms with van der Waals surface area (Å²) >= 11 is 4.31. The predicted molar refractivity (Wildman–Crippen MR) is 75.6 cm³/mol. The van der Waals surface area contributed by atoms with Crippen LogP contribution in [0, 0.1) is 0 Å². The first-order chi connectivity index (χ1) is 8.97. The normalized spacial score (nSPS) is 10.2. The van der Waals surface area contributed by atoms with E-state index in [4.69, 9.17) is 10.8 Å². The van der Waals surface area contributed by atoms with Gasteiger partial charge in [0.1, 0.15) is 5.69 Å². The quantitative estimate of drug-likeness (QED) is 0.795. The lowest BCUT2D eigenvalue weighted by Crippen LogP contribution is -2.15. The number of carboxylic acids is 1. The van der Waals surface area contributed by atoms with Crippen molar-refractivity contribution < 1.29 is 14.7 Å². The maximum Gasteiger partial charge on any atom is 0.337 e. The summed E-state index contributed by atoms with van der Waals surface area (Å²) in [5, 5.41) is 13.3. The average molecular weight is 342 g/mol. The van der Waals surface area contributed by atoms with Crippen molar-refractivity contribution in [2.24, 2.45) is 0 Å². The van der Waals surface area contributed by atoms with Gasteiger partial charge in [-0.1, -0.05) is 15.9 Å². The zero-order valence-electron chi connectivity index (χ0n) is 9.38. The molecule has 0 aliphatic heterocycles. The number of nitrogens with zero attached hydrogens (tertiary/aromatic N) is 1. The van der Waals surface area contributed by atoms with Crippen LogP contribution in [0.25, 0.3) is 0 Å². The molecule has 1 aromatic carbocycles. The van der Waals surface area contributed by atoms with Crippen LogP contribution in [0.1, 0.15) is 20.8 Å². The Morgan fingerprint density at radius 1 is 1.42 bits per heavy atom. The van der Waals surface area contributed by atoms with Gasteiger partial charge in [0, 0.05) is 9.85 Å². The van der Waals surface area contributed by atoms with Crippen LogP contribution in [-0.2, 0) is 0 Å². The Balaban J connectivity index is 2.28. The number of nitrogen functional groups attached to an aromatic ring is 1. The lowest BCUT2D eigenvalue weighted by Gasteiger charge is -2.07. The fourth-order valence-corrected chi connectivity index (χ4v) is 2.28. The number of hydrogen-bond donors (Lipinski definition) is 3. The molecule has 0 fully saturated rings. The van der Waals surface area contributed by atoms with E-state index in [0.29, 0.717) is 4.47 Å². The third-order valence-electron chi connectivity index (χ3n) is 2.21. The van der Waals surface area contributed by atoms with E-state index in [1.165, 1.54) is 17.5 Å². The van der Waals surface area contributed by atoms with Gasteiger partial charge in [0.25, 0.3) is 5.91 Å². The first-order valence-corrected chi connectivity index (χ1v) is 6.70. The number of carboxylic acid groups (broad SMARTS) is 1. The molecule has 1 amide bonds. The minimum absolute atomic E-state index is 0.00840. The molecule has 8 heteroatoms. The summed E-state index contributed by atoms with van der Waals surface area (Å²) in [6.07, 6.45) is 0. The Hall–Kier alpha value is -1.93. The molecule has 1 aromatic heterocycles. The predicted octanol–water partition coefficient (Wildman–Crippen LogP) is 2.44. The Morgan fingerprint density at radius 3 is 2.74 bits per heavy atom. The van der Waals surface area contributed by atoms with Gasteiger partial charge in [-0.05, 0) is 18.2 Å². The van der Waals surface area contributed by atoms with Crippen molar-refractivity contribution in [1.82, 2.24) is 4.98 Å². The van der Waals surface area contributed by atoms with Crippen LogP contribution in [0.5, 0.6) is 0 Å². The van der Waals surface area contributed by atoms with Gasteiger partial charge in [-0.2, -0.15) is 0 Å². The number of benzene rings is 1. The first-order valence-electron chi connectivity index (χ1n) is 5.02. The lowest BCUT2D eigenvalue weighted by atomic mass is 10.2. The monoisotopic (exact) mass is 341 g/mol. The maximum absolute atomic E-state index is 11.9. The first kappa shape index (κ1) is 13.5. The van der Waals surface area contributed by atoms with Crippen molar-refractivity contribution in [3.05, 3.63) is 39.3 Å². The second-order valence-electron chi connectivity index (χ2n) is 3.52. The summed E-state index contributed by atoms with van der Waals surface area (Å²) in [7, 11) is 0. The molecule has 4 N–H and O–H groups in total. The summed E-state index contributed by atoms with van der Waals surface area (Å²) < 4.78 is 0.612. The van der Waals surface area contributed by atoms with Gasteiger partial charge in [0.05, 0.1) is 11.3 Å². The third kappa shape index (κ3) is 3.09. The number of carbonyl (C=O) groups is 2. The zero-order chi connectivity index (χ0) is 14.0. The highest BCUT2D eigenvalue weighted by Gasteiger charge is 2.15. The van der Waals surface area contributed by atoms with Crippen molar-refractivity contribution in [1.29, 1.82) is 0 Å². The highest BCUT2D eigenvalue weighted by atomic mass is 79.9. The van der Waals surface area contributed by atoms with Crippen LogP contribution < -0.4 is 11.1 Å². The molecule has 0 radical (unpaired) electrons. The average Bonchev–Trinajstić information content (AvgIpc) is 2.78. The molecule has 0 aliphatic rings. The van der Waals surface area contributed by atoms with E-state index in [2.05, 4.69) is 26.2 Å². The second-order valence-corrected chi connectivity index (χ2v) is 5.33. The van der Waals surface area contributed by atoms with E-state index in [9.17, 15) is 9.59 Å². The lowest BCUT2D eigenvalue weighted by molar-refractivity contribution is 0.0698. The summed E-state index contributed by atoms with van der Waals surface area (Å²) in [5.41, 5.74) is 5.78. The van der Waals surface area contributed by atoms with Gasteiger partial charge in [-0.15, -0.1) is 11.3 Å². The molecule has 0 aliphatic carbocycles. The SMILES string of the molecule is Nc1nc(C(=O)Nc2ccc(Br)cc2C(=O)O)cs1. The fraction of sp³-hybridized carbons (Fsp3) is 0. The number of nitrogens with one attached hydrogen (secondary N) is 1. The van der Waals surface area contributed by atoms with Crippen molar-refractivity contribution >= 4 is 50.0 Å². The molecular weight excluding hydrogens is 334 g/mol. The number of halogens is 1. The molecule has 19 heavy (non-hydrogen) atoms. The van der Waals surface area contributed by atoms with Crippen molar-refractivity contribution in [3.8, 4) is 0 Å². The van der Waals surface area contributed by atoms with Crippen LogP contribution in [0.3, 0.4) is 0 Å². The minimum Gasteiger partial charge on any atom is -0.478 e. The number of aromatic nitrogens is 1. The number of amides is 1. The molecule has 0 bridgehead atoms. The van der Waals surface area contributed by atoms with Gasteiger partial charge in [-0.3, -0.25) is 4.79 Å². The Labute approximate surface area is 120 Å². The number of thiazole rings is 1. The summed E-state index contributed by atoms with van der Waals surface area (Å²) in [5.74, 6) is -1.63. The molecule has 0 atom stereocenters. The second kappa shape index (κ2) is 5.37. The highest BCUT2D eigenvalue weighted by Crippen LogP contribution is 2.22. The van der Waals surface area contributed by atoms with Gasteiger partial charge in [0.15, 0.2) is 5.13 Å². The van der Waals surface area contributed by atoms with Gasteiger partial charge < -0.3 is 16.2 Å². The number of nitrogens with two attached hydrogens (primary N) is 1. The number of anilines is 2. The van der Waals surface area contributed by atoms with Gasteiger partial charge >= 0.3 is 5.97 Å². The van der Waals surface area contributed by atoms with Gasteiger partial charge in [0.2, 0.25) is 0 Å². The number of aromatic carboxylic acids is 1. The van der Waals surface area contributed by atoms with Crippen LogP contribution in [0.4, 0.5) is 10.8 Å². The van der Waals surface area contributed by atoms with E-state index >= 15 is 0 Å². The summed E-state index contributed by atoms with van der Waals surface area (Å²) in [4.78, 5) is 26.8.